The molecule has 0 spiro atoms. The van der Waals surface area contributed by atoms with Gasteiger partial charge in [-0.3, -0.25) is 0 Å². The highest BCUT2D eigenvalue weighted by Gasteiger charge is 2.22. The van der Waals surface area contributed by atoms with Gasteiger partial charge in [-0.2, -0.15) is 0 Å². The summed E-state index contributed by atoms with van der Waals surface area (Å²) in [7, 11) is 6.79. The van der Waals surface area contributed by atoms with Crippen LogP contribution in [0.25, 0.3) is 0 Å². The predicted molar refractivity (Wildman–Crippen MR) is 83.4 cm³/mol. The molecule has 112 valence electrons. The van der Waals surface area contributed by atoms with Gasteiger partial charge in [0.15, 0.2) is 11.5 Å². The van der Waals surface area contributed by atoms with Gasteiger partial charge in [-0.1, -0.05) is 30.3 Å². The van der Waals surface area contributed by atoms with Gasteiger partial charge in [-0.05, 0) is 24.7 Å². The topological polar surface area (TPSA) is 39.7 Å². The molecular formula is C17H21NO3. The van der Waals surface area contributed by atoms with Crippen molar-refractivity contribution in [3.8, 4) is 17.2 Å². The van der Waals surface area contributed by atoms with Gasteiger partial charge in [0.1, 0.15) is 0 Å². The second kappa shape index (κ2) is 6.99. The Kier molecular flexibility index (Phi) is 5.06. The summed E-state index contributed by atoms with van der Waals surface area (Å²) in [4.78, 5) is 0. The Morgan fingerprint density at radius 2 is 1.48 bits per heavy atom. The fourth-order valence-corrected chi connectivity index (χ4v) is 2.50. The lowest BCUT2D eigenvalue weighted by Crippen LogP contribution is -2.18. The number of benzene rings is 2. The first-order chi connectivity index (χ1) is 10.3. The van der Waals surface area contributed by atoms with Gasteiger partial charge in [-0.25, -0.2) is 0 Å². The van der Waals surface area contributed by atoms with E-state index in [4.69, 9.17) is 14.2 Å². The van der Waals surface area contributed by atoms with Gasteiger partial charge in [0.05, 0.1) is 27.4 Å². The van der Waals surface area contributed by atoms with Crippen molar-refractivity contribution in [2.45, 2.75) is 6.04 Å². The van der Waals surface area contributed by atoms with Gasteiger partial charge in [0.25, 0.3) is 0 Å². The maximum Gasteiger partial charge on any atom is 0.203 e. The maximum absolute atomic E-state index is 5.57. The number of hydrogen-bond donors (Lipinski definition) is 1. The van der Waals surface area contributed by atoms with E-state index >= 15 is 0 Å². The highest BCUT2D eigenvalue weighted by molar-refractivity contribution is 5.58. The molecule has 0 aliphatic heterocycles. The van der Waals surface area contributed by atoms with E-state index in [1.807, 2.05) is 37.4 Å². The highest BCUT2D eigenvalue weighted by atomic mass is 16.5. The van der Waals surface area contributed by atoms with Gasteiger partial charge < -0.3 is 19.5 Å². The third-order valence-electron chi connectivity index (χ3n) is 3.47. The molecule has 1 N–H and O–H groups in total. The molecule has 4 nitrogen and oxygen atoms in total. The molecule has 2 aromatic carbocycles. The van der Waals surface area contributed by atoms with Crippen molar-refractivity contribution in [1.82, 2.24) is 5.32 Å². The van der Waals surface area contributed by atoms with E-state index in [0.717, 1.165) is 11.1 Å². The summed E-state index contributed by atoms with van der Waals surface area (Å²) < 4.78 is 16.3. The first kappa shape index (κ1) is 15.2. The molecular weight excluding hydrogens is 266 g/mol. The monoisotopic (exact) mass is 287 g/mol. The van der Waals surface area contributed by atoms with Crippen LogP contribution in [0, 0.1) is 0 Å². The zero-order chi connectivity index (χ0) is 15.2. The third-order valence-corrected chi connectivity index (χ3v) is 3.47. The van der Waals surface area contributed by atoms with Crippen molar-refractivity contribution in [3.63, 3.8) is 0 Å². The average molecular weight is 287 g/mol. The first-order valence-electron chi connectivity index (χ1n) is 6.77. The van der Waals surface area contributed by atoms with Crippen LogP contribution < -0.4 is 19.5 Å². The highest BCUT2D eigenvalue weighted by Crippen LogP contribution is 2.43. The summed E-state index contributed by atoms with van der Waals surface area (Å²) in [5.41, 5.74) is 2.16. The van der Waals surface area contributed by atoms with Crippen LogP contribution in [0.1, 0.15) is 17.2 Å². The molecule has 0 aliphatic carbocycles. The first-order valence-corrected chi connectivity index (χ1v) is 6.77. The Labute approximate surface area is 125 Å². The van der Waals surface area contributed by atoms with Crippen LogP contribution in [0.4, 0.5) is 0 Å². The van der Waals surface area contributed by atoms with Crippen LogP contribution in [0.2, 0.25) is 0 Å². The molecule has 0 bridgehead atoms. The van der Waals surface area contributed by atoms with E-state index < -0.39 is 0 Å². The molecule has 1 atom stereocenters. The van der Waals surface area contributed by atoms with Crippen LogP contribution in [-0.2, 0) is 0 Å². The molecule has 2 aromatic rings. The van der Waals surface area contributed by atoms with Crippen LogP contribution >= 0.6 is 0 Å². The van der Waals surface area contributed by atoms with Gasteiger partial charge in [0.2, 0.25) is 5.75 Å². The molecule has 0 heterocycles. The Hall–Kier alpha value is -2.20. The lowest BCUT2D eigenvalue weighted by Gasteiger charge is -2.22. The molecule has 21 heavy (non-hydrogen) atoms. The summed E-state index contributed by atoms with van der Waals surface area (Å²) in [5, 5.41) is 3.32. The van der Waals surface area contributed by atoms with Gasteiger partial charge in [-0.15, -0.1) is 0 Å². The van der Waals surface area contributed by atoms with Gasteiger partial charge >= 0.3 is 0 Å². The van der Waals surface area contributed by atoms with Crippen molar-refractivity contribution in [3.05, 3.63) is 53.6 Å². The average Bonchev–Trinajstić information content (AvgIpc) is 2.55. The minimum Gasteiger partial charge on any atom is -0.493 e. The summed E-state index contributed by atoms with van der Waals surface area (Å²) in [6.45, 7) is 0. The summed E-state index contributed by atoms with van der Waals surface area (Å²) >= 11 is 0. The van der Waals surface area contributed by atoms with Gasteiger partial charge in [0, 0.05) is 5.56 Å². The number of hydrogen-bond acceptors (Lipinski definition) is 4. The fourth-order valence-electron chi connectivity index (χ4n) is 2.50. The van der Waals surface area contributed by atoms with Crippen molar-refractivity contribution >= 4 is 0 Å². The van der Waals surface area contributed by atoms with E-state index in [9.17, 15) is 0 Å². The minimum atomic E-state index is 0.0148. The number of methoxy groups -OCH3 is 3. The summed E-state index contributed by atoms with van der Waals surface area (Å²) in [5.74, 6) is 1.94. The minimum absolute atomic E-state index is 0.0148. The summed E-state index contributed by atoms with van der Waals surface area (Å²) in [6.07, 6.45) is 0. The van der Waals surface area contributed by atoms with Crippen molar-refractivity contribution < 1.29 is 14.2 Å². The number of nitrogens with one attached hydrogen (secondary N) is 1. The molecule has 0 aromatic heterocycles. The lowest BCUT2D eigenvalue weighted by atomic mass is 9.97. The Morgan fingerprint density at radius 3 is 2.00 bits per heavy atom. The maximum atomic E-state index is 5.57. The quantitative estimate of drug-likeness (QED) is 0.886. The van der Waals surface area contributed by atoms with Crippen molar-refractivity contribution in [1.29, 1.82) is 0 Å². The molecule has 0 aliphatic rings. The van der Waals surface area contributed by atoms with Crippen LogP contribution in [0.3, 0.4) is 0 Å². The third kappa shape index (κ3) is 2.95. The predicted octanol–water partition coefficient (Wildman–Crippen LogP) is 3.02. The molecule has 0 fully saturated rings. The van der Waals surface area contributed by atoms with Crippen molar-refractivity contribution in [2.75, 3.05) is 28.4 Å². The van der Waals surface area contributed by atoms with Crippen molar-refractivity contribution in [2.24, 2.45) is 0 Å². The second-order valence-corrected chi connectivity index (χ2v) is 4.56. The zero-order valence-electron chi connectivity index (χ0n) is 12.8. The van der Waals surface area contributed by atoms with E-state index in [2.05, 4.69) is 17.4 Å². The van der Waals surface area contributed by atoms with Crippen LogP contribution in [0.5, 0.6) is 17.2 Å². The SMILES string of the molecule is CNC(c1ccccc1)c1ccc(OC)c(OC)c1OC. The smallest absolute Gasteiger partial charge is 0.203 e. The fraction of sp³-hybridized carbons (Fsp3) is 0.294. The number of rotatable bonds is 6. The molecule has 0 saturated heterocycles. The number of ether oxygens (including phenoxy) is 3. The van der Waals surface area contributed by atoms with E-state index in [1.54, 1.807) is 21.3 Å². The molecule has 0 radical (unpaired) electrons. The van der Waals surface area contributed by atoms with E-state index in [0.29, 0.717) is 17.2 Å². The molecule has 2 rings (SSSR count). The molecule has 0 amide bonds. The normalized spacial score (nSPS) is 11.8. The molecule has 1 unspecified atom stereocenters. The Morgan fingerprint density at radius 1 is 0.810 bits per heavy atom. The second-order valence-electron chi connectivity index (χ2n) is 4.56. The molecule has 4 heteroatoms. The zero-order valence-corrected chi connectivity index (χ0v) is 12.8. The van der Waals surface area contributed by atoms with E-state index in [1.165, 1.54) is 0 Å². The standard InChI is InChI=1S/C17H21NO3/c1-18-15(12-8-6-5-7-9-12)13-10-11-14(19-2)17(21-4)16(13)20-3/h5-11,15,18H,1-4H3. The van der Waals surface area contributed by atoms with Crippen LogP contribution in [0.15, 0.2) is 42.5 Å². The Balaban J connectivity index is 2.56. The largest absolute Gasteiger partial charge is 0.493 e. The Bertz CT molecular complexity index is 584. The summed E-state index contributed by atoms with van der Waals surface area (Å²) in [6, 6.07) is 14.1. The van der Waals surface area contributed by atoms with Crippen LogP contribution in [-0.4, -0.2) is 28.4 Å². The molecule has 0 saturated carbocycles. The van der Waals surface area contributed by atoms with E-state index in [-0.39, 0.29) is 6.04 Å². The lowest BCUT2D eigenvalue weighted by molar-refractivity contribution is 0.320.